The summed E-state index contributed by atoms with van der Waals surface area (Å²) in [6.45, 7) is 4.21. The number of piperidine rings is 1. The standard InChI is InChI=1S/C20H31N3O2/c1-15(25-2)16-6-5-7-18(14-16)22-20(24)21-17-10-12-23(13-11-17)19-8-3-4-9-19/h5-7,14-15,17,19H,3-4,8-13H2,1-2H3,(H2,21,22,24)/t15-/m0/s1. The second-order valence-electron chi connectivity index (χ2n) is 7.35. The van der Waals surface area contributed by atoms with E-state index in [2.05, 4.69) is 15.5 Å². The molecule has 5 nitrogen and oxygen atoms in total. The van der Waals surface area contributed by atoms with Gasteiger partial charge >= 0.3 is 6.03 Å². The summed E-state index contributed by atoms with van der Waals surface area (Å²) < 4.78 is 5.34. The fourth-order valence-electron chi connectivity index (χ4n) is 4.04. The van der Waals surface area contributed by atoms with Crippen LogP contribution >= 0.6 is 0 Å². The van der Waals surface area contributed by atoms with Crippen LogP contribution in [0, 0.1) is 0 Å². The minimum Gasteiger partial charge on any atom is -0.377 e. The average Bonchev–Trinajstić information content (AvgIpc) is 3.16. The first-order valence-corrected chi connectivity index (χ1v) is 9.60. The van der Waals surface area contributed by atoms with Crippen molar-refractivity contribution in [1.29, 1.82) is 0 Å². The van der Waals surface area contributed by atoms with Crippen molar-refractivity contribution in [2.75, 3.05) is 25.5 Å². The summed E-state index contributed by atoms with van der Waals surface area (Å²) in [5, 5.41) is 6.09. The number of nitrogens with one attached hydrogen (secondary N) is 2. The third-order valence-electron chi connectivity index (χ3n) is 5.67. The Kier molecular flexibility index (Phi) is 6.32. The van der Waals surface area contributed by atoms with Crippen LogP contribution in [0.4, 0.5) is 10.5 Å². The molecule has 2 fully saturated rings. The topological polar surface area (TPSA) is 53.6 Å². The molecule has 1 aliphatic heterocycles. The maximum Gasteiger partial charge on any atom is 0.319 e. The number of ether oxygens (including phenoxy) is 1. The van der Waals surface area contributed by atoms with E-state index in [1.807, 2.05) is 31.2 Å². The van der Waals surface area contributed by atoms with Gasteiger partial charge in [-0.15, -0.1) is 0 Å². The molecule has 1 heterocycles. The maximum atomic E-state index is 12.3. The summed E-state index contributed by atoms with van der Waals surface area (Å²) in [5.74, 6) is 0. The number of rotatable bonds is 5. The lowest BCUT2D eigenvalue weighted by Crippen LogP contribution is -2.48. The van der Waals surface area contributed by atoms with Crippen LogP contribution in [0.3, 0.4) is 0 Å². The Hall–Kier alpha value is -1.59. The van der Waals surface area contributed by atoms with E-state index in [1.165, 1.54) is 25.7 Å². The average molecular weight is 345 g/mol. The zero-order chi connectivity index (χ0) is 17.6. The normalized spacial score (nSPS) is 21.2. The predicted molar refractivity (Wildman–Crippen MR) is 101 cm³/mol. The first-order chi connectivity index (χ1) is 12.2. The highest BCUT2D eigenvalue weighted by Crippen LogP contribution is 2.26. The van der Waals surface area contributed by atoms with Gasteiger partial charge in [0.05, 0.1) is 6.10 Å². The molecule has 1 saturated carbocycles. The van der Waals surface area contributed by atoms with Crippen molar-refractivity contribution in [2.24, 2.45) is 0 Å². The molecule has 2 N–H and O–H groups in total. The van der Waals surface area contributed by atoms with Gasteiger partial charge in [0.1, 0.15) is 0 Å². The van der Waals surface area contributed by atoms with Gasteiger partial charge in [-0.05, 0) is 50.3 Å². The number of carbonyl (C=O) groups excluding carboxylic acids is 1. The predicted octanol–water partition coefficient (Wildman–Crippen LogP) is 3.92. The molecule has 0 radical (unpaired) electrons. The van der Waals surface area contributed by atoms with E-state index in [4.69, 9.17) is 4.74 Å². The van der Waals surface area contributed by atoms with Gasteiger partial charge in [0, 0.05) is 38.0 Å². The van der Waals surface area contributed by atoms with Crippen molar-refractivity contribution in [2.45, 2.75) is 63.6 Å². The van der Waals surface area contributed by atoms with Crippen molar-refractivity contribution in [3.63, 3.8) is 0 Å². The maximum absolute atomic E-state index is 12.3. The number of nitrogens with zero attached hydrogens (tertiary/aromatic N) is 1. The summed E-state index contributed by atoms with van der Waals surface area (Å²) >= 11 is 0. The number of anilines is 1. The molecule has 5 heteroatoms. The van der Waals surface area contributed by atoms with Gasteiger partial charge in [-0.1, -0.05) is 25.0 Å². The number of carbonyl (C=O) groups is 1. The molecule has 1 aromatic rings. The van der Waals surface area contributed by atoms with Crippen molar-refractivity contribution < 1.29 is 9.53 Å². The number of hydrogen-bond acceptors (Lipinski definition) is 3. The van der Waals surface area contributed by atoms with Gasteiger partial charge in [-0.25, -0.2) is 4.79 Å². The molecular weight excluding hydrogens is 314 g/mol. The largest absolute Gasteiger partial charge is 0.377 e. The van der Waals surface area contributed by atoms with Gasteiger partial charge < -0.3 is 20.3 Å². The van der Waals surface area contributed by atoms with Crippen LogP contribution in [0.5, 0.6) is 0 Å². The van der Waals surface area contributed by atoms with Crippen molar-refractivity contribution in [1.82, 2.24) is 10.2 Å². The summed E-state index contributed by atoms with van der Waals surface area (Å²) in [6, 6.07) is 8.79. The van der Waals surface area contributed by atoms with Crippen molar-refractivity contribution >= 4 is 11.7 Å². The summed E-state index contributed by atoms with van der Waals surface area (Å²) in [5.41, 5.74) is 1.87. The van der Waals surface area contributed by atoms with Crippen LogP contribution in [-0.2, 0) is 4.74 Å². The molecular formula is C20H31N3O2. The third-order valence-corrected chi connectivity index (χ3v) is 5.67. The van der Waals surface area contributed by atoms with Crippen molar-refractivity contribution in [3.8, 4) is 0 Å². The zero-order valence-electron chi connectivity index (χ0n) is 15.5. The Morgan fingerprint density at radius 1 is 1.20 bits per heavy atom. The Bertz CT molecular complexity index is 564. The molecule has 1 saturated heterocycles. The minimum atomic E-state index is -0.110. The summed E-state index contributed by atoms with van der Waals surface area (Å²) in [4.78, 5) is 14.9. The van der Waals surface area contributed by atoms with E-state index in [9.17, 15) is 4.79 Å². The van der Waals surface area contributed by atoms with E-state index < -0.39 is 0 Å². The molecule has 0 aromatic heterocycles. The molecule has 0 bridgehead atoms. The molecule has 2 aliphatic rings. The molecule has 1 atom stereocenters. The molecule has 1 aliphatic carbocycles. The summed E-state index contributed by atoms with van der Waals surface area (Å²) in [6.07, 6.45) is 7.58. The monoisotopic (exact) mass is 345 g/mol. The Morgan fingerprint density at radius 3 is 2.60 bits per heavy atom. The highest BCUT2D eigenvalue weighted by atomic mass is 16.5. The molecule has 0 spiro atoms. The molecule has 3 rings (SSSR count). The van der Waals surface area contributed by atoms with Gasteiger partial charge in [0.15, 0.2) is 0 Å². The van der Waals surface area contributed by atoms with Crippen LogP contribution < -0.4 is 10.6 Å². The highest BCUT2D eigenvalue weighted by Gasteiger charge is 2.27. The van der Waals surface area contributed by atoms with Gasteiger partial charge in [-0.2, -0.15) is 0 Å². The lowest BCUT2D eigenvalue weighted by atomic mass is 10.0. The zero-order valence-corrected chi connectivity index (χ0v) is 15.5. The first-order valence-electron chi connectivity index (χ1n) is 9.60. The first kappa shape index (κ1) is 18.2. The fourth-order valence-corrected chi connectivity index (χ4v) is 4.04. The Balaban J connectivity index is 1.45. The smallest absolute Gasteiger partial charge is 0.319 e. The van der Waals surface area contributed by atoms with Gasteiger partial charge in [0.2, 0.25) is 0 Å². The van der Waals surface area contributed by atoms with E-state index in [0.29, 0.717) is 0 Å². The number of methoxy groups -OCH3 is 1. The quantitative estimate of drug-likeness (QED) is 0.850. The van der Waals surface area contributed by atoms with Gasteiger partial charge in [-0.3, -0.25) is 0 Å². The third kappa shape index (κ3) is 4.95. The van der Waals surface area contributed by atoms with Crippen LogP contribution in [0.2, 0.25) is 0 Å². The van der Waals surface area contributed by atoms with Crippen LogP contribution in [-0.4, -0.2) is 43.2 Å². The molecule has 0 unspecified atom stereocenters. The highest BCUT2D eigenvalue weighted by molar-refractivity contribution is 5.89. The lowest BCUT2D eigenvalue weighted by molar-refractivity contribution is 0.119. The SMILES string of the molecule is CO[C@@H](C)c1cccc(NC(=O)NC2CCN(C3CCCC3)CC2)c1. The van der Waals surface area contributed by atoms with E-state index in [-0.39, 0.29) is 18.2 Å². The Morgan fingerprint density at radius 2 is 1.92 bits per heavy atom. The minimum absolute atomic E-state index is 0.0183. The van der Waals surface area contributed by atoms with E-state index in [0.717, 1.165) is 43.2 Å². The number of benzene rings is 1. The van der Waals surface area contributed by atoms with Gasteiger partial charge in [0.25, 0.3) is 0 Å². The molecule has 25 heavy (non-hydrogen) atoms. The number of hydrogen-bond donors (Lipinski definition) is 2. The molecule has 138 valence electrons. The van der Waals surface area contributed by atoms with Crippen LogP contribution in [0.25, 0.3) is 0 Å². The number of urea groups is 1. The lowest BCUT2D eigenvalue weighted by Gasteiger charge is -2.36. The van der Waals surface area contributed by atoms with Crippen LogP contribution in [0.15, 0.2) is 24.3 Å². The second kappa shape index (κ2) is 8.68. The van der Waals surface area contributed by atoms with Crippen LogP contribution in [0.1, 0.15) is 57.1 Å². The Labute approximate surface area is 151 Å². The fraction of sp³-hybridized carbons (Fsp3) is 0.650. The molecule has 1 aromatic carbocycles. The van der Waals surface area contributed by atoms with Crippen molar-refractivity contribution in [3.05, 3.63) is 29.8 Å². The van der Waals surface area contributed by atoms with E-state index >= 15 is 0 Å². The number of likely N-dealkylation sites (tertiary alicyclic amines) is 1. The van der Waals surface area contributed by atoms with E-state index in [1.54, 1.807) is 7.11 Å². The number of amides is 2. The molecule has 2 amide bonds. The second-order valence-corrected chi connectivity index (χ2v) is 7.35. The summed E-state index contributed by atoms with van der Waals surface area (Å²) in [7, 11) is 1.69.